The van der Waals surface area contributed by atoms with Crippen molar-refractivity contribution in [1.29, 1.82) is 0 Å². The first-order chi connectivity index (χ1) is 8.56. The lowest BCUT2D eigenvalue weighted by Gasteiger charge is -2.14. The van der Waals surface area contributed by atoms with Crippen LogP contribution in [0.15, 0.2) is 0 Å². The average molecular weight is 330 g/mol. The molecule has 106 valence electrons. The molecule has 0 aliphatic carbocycles. The molecule has 0 saturated heterocycles. The molecule has 0 nitrogen and oxygen atoms in total. The molecule has 0 N–H and O–H groups in total. The molecular weight excluding hydrogens is 296 g/mol. The van der Waals surface area contributed by atoms with Crippen molar-refractivity contribution >= 4 is 31.1 Å². The zero-order valence-electron chi connectivity index (χ0n) is 13.2. The summed E-state index contributed by atoms with van der Waals surface area (Å²) in [5, 5.41) is 0. The summed E-state index contributed by atoms with van der Waals surface area (Å²) in [5.74, 6) is 2.79. The molecule has 0 unspecified atom stereocenters. The van der Waals surface area contributed by atoms with Gasteiger partial charge in [-0.15, -0.1) is 4.55 Å². The van der Waals surface area contributed by atoms with Gasteiger partial charge < -0.3 is 12.9 Å². The molecule has 0 spiro atoms. The summed E-state index contributed by atoms with van der Waals surface area (Å²) in [7, 11) is 0. The second-order valence-corrected chi connectivity index (χ2v) is 10.1. The minimum atomic E-state index is 0.135. The SMILES string of the molecule is CC(C)CCC[C@@H](C)CCC[C@@H](C)CC[CH2][Mg][Br]. The van der Waals surface area contributed by atoms with Crippen LogP contribution in [0, 0.1) is 17.8 Å². The van der Waals surface area contributed by atoms with Gasteiger partial charge in [0.1, 0.15) is 0 Å². The number of rotatable bonds is 12. The standard InChI is InChI=1S/C16H33.BrH.Mg/c1-6-9-15(4)12-8-13-16(5)11-7-10-14(2)3;;/h14-16H,1,6-13H2,2-5H3;1H;/q;;+1/p-1/t15-,16+;;/m0../s1. The predicted octanol–water partition coefficient (Wildman–Crippen LogP) is 6.47. The molecule has 0 bridgehead atoms. The topological polar surface area (TPSA) is 0 Å². The minimum Gasteiger partial charge on any atom is -0.307 e. The molecule has 2 heteroatoms. The highest BCUT2D eigenvalue weighted by Gasteiger charge is 2.06. The Balaban J connectivity index is 3.35. The van der Waals surface area contributed by atoms with Crippen molar-refractivity contribution in [2.24, 2.45) is 17.8 Å². The Morgan fingerprint density at radius 1 is 0.722 bits per heavy atom. The third kappa shape index (κ3) is 13.7. The molecule has 0 amide bonds. The van der Waals surface area contributed by atoms with Crippen molar-refractivity contribution in [3.05, 3.63) is 0 Å². The van der Waals surface area contributed by atoms with Crippen molar-refractivity contribution in [3.8, 4) is 0 Å². The van der Waals surface area contributed by atoms with Crippen LogP contribution >= 0.6 is 12.9 Å². The quantitative estimate of drug-likeness (QED) is 0.284. The Bertz CT molecular complexity index is 170. The van der Waals surface area contributed by atoms with E-state index in [1.54, 1.807) is 0 Å². The Morgan fingerprint density at radius 2 is 1.17 bits per heavy atom. The van der Waals surface area contributed by atoms with Crippen LogP contribution in [-0.4, -0.2) is 18.2 Å². The normalized spacial score (nSPS) is 14.6. The fourth-order valence-electron chi connectivity index (χ4n) is 2.57. The Labute approximate surface area is 132 Å². The van der Waals surface area contributed by atoms with Crippen LogP contribution in [0.1, 0.15) is 79.1 Å². The van der Waals surface area contributed by atoms with Crippen LogP contribution in [0.25, 0.3) is 0 Å². The Hall–Kier alpha value is 1.25. The maximum atomic E-state index is 3.64. The van der Waals surface area contributed by atoms with Gasteiger partial charge >= 0.3 is 18.2 Å². The smallest absolute Gasteiger partial charge is 0.307 e. The molecule has 0 aromatic rings. The van der Waals surface area contributed by atoms with E-state index in [0.717, 1.165) is 17.8 Å². The highest BCUT2D eigenvalue weighted by Crippen LogP contribution is 2.21. The fourth-order valence-corrected chi connectivity index (χ4v) is 4.23. The first-order valence-electron chi connectivity index (χ1n) is 8.12. The van der Waals surface area contributed by atoms with Gasteiger partial charge in [-0.1, -0.05) is 79.1 Å². The summed E-state index contributed by atoms with van der Waals surface area (Å²) >= 11 is 3.78. The number of hydrogen-bond donors (Lipinski definition) is 0. The summed E-state index contributed by atoms with van der Waals surface area (Å²) in [6.07, 6.45) is 11.6. The van der Waals surface area contributed by atoms with Crippen molar-refractivity contribution in [2.45, 2.75) is 83.6 Å². The average Bonchev–Trinajstić information content (AvgIpc) is 2.29. The molecule has 0 aliphatic rings. The summed E-state index contributed by atoms with van der Waals surface area (Å²) < 4.78 is 1.48. The van der Waals surface area contributed by atoms with E-state index in [0.29, 0.717) is 0 Å². The van der Waals surface area contributed by atoms with E-state index in [-0.39, 0.29) is 18.2 Å². The van der Waals surface area contributed by atoms with Gasteiger partial charge in [-0.25, -0.2) is 0 Å². The lowest BCUT2D eigenvalue weighted by molar-refractivity contribution is 0.391. The van der Waals surface area contributed by atoms with Gasteiger partial charge in [-0.05, 0) is 17.8 Å². The summed E-state index contributed by atoms with van der Waals surface area (Å²) in [5.41, 5.74) is 0. The van der Waals surface area contributed by atoms with Crippen LogP contribution in [0.4, 0.5) is 0 Å². The molecule has 0 heterocycles. The second-order valence-electron chi connectivity index (χ2n) is 6.65. The van der Waals surface area contributed by atoms with Crippen LogP contribution in [0.3, 0.4) is 0 Å². The summed E-state index contributed by atoms with van der Waals surface area (Å²) in [4.78, 5) is 0. The first kappa shape index (κ1) is 19.2. The van der Waals surface area contributed by atoms with E-state index in [1.165, 1.54) is 55.9 Å². The van der Waals surface area contributed by atoms with Crippen molar-refractivity contribution in [2.75, 3.05) is 0 Å². The van der Waals surface area contributed by atoms with Gasteiger partial charge in [0.25, 0.3) is 0 Å². The van der Waals surface area contributed by atoms with E-state index >= 15 is 0 Å². The van der Waals surface area contributed by atoms with Gasteiger partial charge in [-0.2, -0.15) is 0 Å². The maximum Gasteiger partial charge on any atom is 0.468 e. The number of hydrogen-bond acceptors (Lipinski definition) is 0. The maximum absolute atomic E-state index is 3.64. The van der Waals surface area contributed by atoms with Crippen molar-refractivity contribution in [1.82, 2.24) is 0 Å². The van der Waals surface area contributed by atoms with Gasteiger partial charge in [0.05, 0.1) is 0 Å². The van der Waals surface area contributed by atoms with Crippen LogP contribution in [-0.2, 0) is 0 Å². The van der Waals surface area contributed by atoms with Gasteiger partial charge in [0, 0.05) is 0 Å². The van der Waals surface area contributed by atoms with Crippen LogP contribution in [0.5, 0.6) is 0 Å². The first-order valence-corrected chi connectivity index (χ1v) is 13.0. The molecule has 2 atom stereocenters. The highest BCUT2D eigenvalue weighted by molar-refractivity contribution is 9.23. The molecular formula is C16H33BrMg. The van der Waals surface area contributed by atoms with E-state index in [1.807, 2.05) is 0 Å². The van der Waals surface area contributed by atoms with E-state index < -0.39 is 0 Å². The van der Waals surface area contributed by atoms with Gasteiger partial charge in [0.2, 0.25) is 0 Å². The zero-order chi connectivity index (χ0) is 13.8. The Kier molecular flexibility index (Phi) is 14.2. The largest absolute Gasteiger partial charge is 0.468 e. The Morgan fingerprint density at radius 3 is 1.61 bits per heavy atom. The van der Waals surface area contributed by atoms with Gasteiger partial charge in [0.15, 0.2) is 0 Å². The van der Waals surface area contributed by atoms with Gasteiger partial charge in [-0.3, -0.25) is 0 Å². The molecule has 0 rings (SSSR count). The third-order valence-electron chi connectivity index (χ3n) is 3.95. The number of halogens is 1. The zero-order valence-corrected chi connectivity index (χ0v) is 16.2. The highest BCUT2D eigenvalue weighted by atomic mass is 79.9. The minimum absolute atomic E-state index is 0.135. The monoisotopic (exact) mass is 328 g/mol. The second kappa shape index (κ2) is 13.2. The lowest BCUT2D eigenvalue weighted by Crippen LogP contribution is -2.00. The predicted molar refractivity (Wildman–Crippen MR) is 89.6 cm³/mol. The molecule has 0 fully saturated rings. The molecule has 0 aromatic heterocycles. The lowest BCUT2D eigenvalue weighted by atomic mass is 9.92. The molecule has 0 saturated carbocycles. The molecule has 0 aliphatic heterocycles. The summed E-state index contributed by atoms with van der Waals surface area (Å²) in [6, 6.07) is 0. The fraction of sp³-hybridized carbons (Fsp3) is 1.00. The molecule has 0 aromatic carbocycles. The van der Waals surface area contributed by atoms with E-state index in [4.69, 9.17) is 0 Å². The van der Waals surface area contributed by atoms with E-state index in [9.17, 15) is 0 Å². The van der Waals surface area contributed by atoms with Crippen molar-refractivity contribution < 1.29 is 0 Å². The van der Waals surface area contributed by atoms with E-state index in [2.05, 4.69) is 40.6 Å². The van der Waals surface area contributed by atoms with Crippen molar-refractivity contribution in [3.63, 3.8) is 0 Å². The molecule has 0 radical (unpaired) electrons. The summed E-state index contributed by atoms with van der Waals surface area (Å²) in [6.45, 7) is 9.56. The third-order valence-corrected chi connectivity index (χ3v) is 6.40. The van der Waals surface area contributed by atoms with Crippen LogP contribution in [0.2, 0.25) is 4.55 Å². The molecule has 18 heavy (non-hydrogen) atoms. The van der Waals surface area contributed by atoms with Crippen LogP contribution < -0.4 is 0 Å².